The van der Waals surface area contributed by atoms with Crippen LogP contribution < -0.4 is 11.1 Å². The average molecular weight is 397 g/mol. The van der Waals surface area contributed by atoms with Gasteiger partial charge in [-0.3, -0.25) is 18.8 Å². The highest BCUT2D eigenvalue weighted by molar-refractivity contribution is 7.73. The molecule has 4 aromatic rings. The van der Waals surface area contributed by atoms with Crippen LogP contribution >= 0.6 is 23.6 Å². The molecule has 6 nitrogen and oxygen atoms in total. The monoisotopic (exact) mass is 397 g/mol. The topological polar surface area (TPSA) is 62.1 Å². The lowest BCUT2D eigenvalue weighted by Gasteiger charge is -2.07. The molecule has 0 aliphatic carbocycles. The average Bonchev–Trinajstić information content (AvgIpc) is 3.25. The van der Waals surface area contributed by atoms with Crippen molar-refractivity contribution >= 4 is 23.6 Å². The van der Waals surface area contributed by atoms with Crippen LogP contribution in [0.25, 0.3) is 22.0 Å². The summed E-state index contributed by atoms with van der Waals surface area (Å²) in [6.45, 7) is 1.79. The van der Waals surface area contributed by atoms with Crippen molar-refractivity contribution < 1.29 is 4.42 Å². The molecule has 0 aliphatic heterocycles. The zero-order valence-corrected chi connectivity index (χ0v) is 16.2. The minimum absolute atomic E-state index is 0.263. The first-order valence-corrected chi connectivity index (χ1v) is 9.37. The highest BCUT2D eigenvalue weighted by Crippen LogP contribution is 2.24. The summed E-state index contributed by atoms with van der Waals surface area (Å²) in [6, 6.07) is 14.2. The van der Waals surface area contributed by atoms with E-state index in [1.165, 1.54) is 32.9 Å². The molecule has 0 N–H and O–H groups in total. The van der Waals surface area contributed by atoms with Gasteiger partial charge >= 0.3 is 0 Å². The van der Waals surface area contributed by atoms with E-state index >= 15 is 0 Å². The third kappa shape index (κ3) is 2.83. The number of aromatic nitrogens is 3. The molecule has 0 aliphatic rings. The number of nitrogens with zero attached hydrogens (tertiary/aromatic N) is 3. The molecule has 0 radical (unpaired) electrons. The Labute approximate surface area is 163 Å². The largest absolute Gasteiger partial charge is 0.464 e. The van der Waals surface area contributed by atoms with Crippen LogP contribution in [-0.2, 0) is 7.05 Å². The number of rotatable bonds is 3. The van der Waals surface area contributed by atoms with Crippen LogP contribution in [0.4, 0.5) is 0 Å². The van der Waals surface area contributed by atoms with Crippen molar-refractivity contribution in [2.75, 3.05) is 0 Å². The summed E-state index contributed by atoms with van der Waals surface area (Å²) >= 11 is 6.68. The first-order chi connectivity index (χ1) is 13.0. The van der Waals surface area contributed by atoms with Crippen LogP contribution in [-0.4, -0.2) is 13.9 Å². The minimum atomic E-state index is -0.365. The Morgan fingerprint density at radius 3 is 2.44 bits per heavy atom. The van der Waals surface area contributed by atoms with Gasteiger partial charge < -0.3 is 4.42 Å². The van der Waals surface area contributed by atoms with Crippen LogP contribution in [0.15, 0.2) is 68.8 Å². The van der Waals surface area contributed by atoms with Gasteiger partial charge in [-0.25, -0.2) is 4.68 Å². The van der Waals surface area contributed by atoms with Crippen molar-refractivity contribution in [2.45, 2.75) is 6.92 Å². The van der Waals surface area contributed by atoms with Crippen molar-refractivity contribution in [2.24, 2.45) is 7.05 Å². The number of hydrogen-bond acceptors (Lipinski definition) is 5. The Hall–Kier alpha value is -2.97. The molecule has 136 valence electrons. The van der Waals surface area contributed by atoms with E-state index in [-0.39, 0.29) is 16.8 Å². The molecule has 0 bridgehead atoms. The van der Waals surface area contributed by atoms with Gasteiger partial charge in [0.15, 0.2) is 3.95 Å². The normalized spacial score (nSPS) is 11.0. The first-order valence-electron chi connectivity index (χ1n) is 8.14. The SMILES string of the molecule is Cc1c(-n2c(=O)cc(-c3ccco3)sc2=S)c(=O)n(-c2ccccc2)n1C. The lowest BCUT2D eigenvalue weighted by Crippen LogP contribution is -2.26. The number of benzene rings is 1. The van der Waals surface area contributed by atoms with E-state index < -0.39 is 0 Å². The standard InChI is InChI=1S/C19H15N3O3S2/c1-12-17(18(24)22(20(12)2)13-7-4-3-5-8-13)21-16(23)11-15(27-19(21)26)14-9-6-10-25-14/h3-11H,1-2H3. The van der Waals surface area contributed by atoms with E-state index in [1.807, 2.05) is 30.3 Å². The minimum Gasteiger partial charge on any atom is -0.464 e. The van der Waals surface area contributed by atoms with Crippen molar-refractivity contribution in [1.82, 2.24) is 13.9 Å². The van der Waals surface area contributed by atoms with E-state index in [0.29, 0.717) is 26.0 Å². The summed E-state index contributed by atoms with van der Waals surface area (Å²) in [5, 5.41) is 0. The molecule has 27 heavy (non-hydrogen) atoms. The van der Waals surface area contributed by atoms with E-state index in [2.05, 4.69) is 0 Å². The smallest absolute Gasteiger partial charge is 0.296 e. The molecule has 0 saturated carbocycles. The summed E-state index contributed by atoms with van der Waals surface area (Å²) < 4.78 is 10.2. The van der Waals surface area contributed by atoms with Gasteiger partial charge in [0.25, 0.3) is 11.1 Å². The van der Waals surface area contributed by atoms with Gasteiger partial charge in [0.1, 0.15) is 11.4 Å². The lowest BCUT2D eigenvalue weighted by molar-refractivity contribution is 0.583. The zero-order chi connectivity index (χ0) is 19.1. The number of furan rings is 1. The van der Waals surface area contributed by atoms with Crippen molar-refractivity contribution in [1.29, 1.82) is 0 Å². The fourth-order valence-corrected chi connectivity index (χ4v) is 4.28. The molecule has 0 fully saturated rings. The number of para-hydroxylation sites is 1. The Morgan fingerprint density at radius 2 is 1.81 bits per heavy atom. The van der Waals surface area contributed by atoms with Crippen molar-refractivity contribution in [3.05, 3.63) is 85.1 Å². The van der Waals surface area contributed by atoms with Gasteiger partial charge in [0.05, 0.1) is 22.5 Å². The second kappa shape index (κ2) is 6.64. The third-order valence-electron chi connectivity index (χ3n) is 4.37. The lowest BCUT2D eigenvalue weighted by atomic mass is 10.3. The maximum atomic E-state index is 13.2. The van der Waals surface area contributed by atoms with Crippen LogP contribution in [0.2, 0.25) is 0 Å². The molecular formula is C19H15N3O3S2. The van der Waals surface area contributed by atoms with E-state index in [1.54, 1.807) is 30.8 Å². The molecule has 0 spiro atoms. The fraction of sp³-hybridized carbons (Fsp3) is 0.105. The summed E-state index contributed by atoms with van der Waals surface area (Å²) in [5.74, 6) is 0.571. The maximum absolute atomic E-state index is 13.2. The molecular weight excluding hydrogens is 382 g/mol. The number of hydrogen-bond donors (Lipinski definition) is 0. The van der Waals surface area contributed by atoms with Crippen LogP contribution in [0.3, 0.4) is 0 Å². The van der Waals surface area contributed by atoms with Crippen LogP contribution in [0, 0.1) is 10.9 Å². The summed E-state index contributed by atoms with van der Waals surface area (Å²) in [4.78, 5) is 26.6. The van der Waals surface area contributed by atoms with Gasteiger partial charge in [0, 0.05) is 13.1 Å². The third-order valence-corrected chi connectivity index (χ3v) is 5.69. The van der Waals surface area contributed by atoms with Gasteiger partial charge in [0.2, 0.25) is 0 Å². The van der Waals surface area contributed by atoms with Crippen LogP contribution in [0.1, 0.15) is 5.69 Å². The summed E-state index contributed by atoms with van der Waals surface area (Å²) in [7, 11) is 1.78. The zero-order valence-electron chi connectivity index (χ0n) is 14.6. The van der Waals surface area contributed by atoms with Gasteiger partial charge in [-0.2, -0.15) is 0 Å². The quantitative estimate of drug-likeness (QED) is 0.495. The Morgan fingerprint density at radius 1 is 1.07 bits per heavy atom. The Bertz CT molecular complexity index is 1260. The molecule has 0 amide bonds. The molecule has 1 aromatic carbocycles. The van der Waals surface area contributed by atoms with Crippen LogP contribution in [0.5, 0.6) is 0 Å². The summed E-state index contributed by atoms with van der Waals surface area (Å²) in [5.41, 5.74) is 0.964. The van der Waals surface area contributed by atoms with Gasteiger partial charge in [-0.05, 0) is 43.4 Å². The molecule has 0 atom stereocenters. The second-order valence-electron chi connectivity index (χ2n) is 5.94. The van der Waals surface area contributed by atoms with Gasteiger partial charge in [-0.1, -0.05) is 18.2 Å². The predicted molar refractivity (Wildman–Crippen MR) is 108 cm³/mol. The maximum Gasteiger partial charge on any atom is 0.296 e. The molecule has 3 heterocycles. The Kier molecular flexibility index (Phi) is 4.29. The van der Waals surface area contributed by atoms with Crippen molar-refractivity contribution in [3.63, 3.8) is 0 Å². The fourth-order valence-electron chi connectivity index (χ4n) is 2.99. The first kappa shape index (κ1) is 17.4. The highest BCUT2D eigenvalue weighted by atomic mass is 32.1. The predicted octanol–water partition coefficient (Wildman–Crippen LogP) is 3.69. The molecule has 8 heteroatoms. The molecule has 4 rings (SSSR count). The summed E-state index contributed by atoms with van der Waals surface area (Å²) in [6.07, 6.45) is 1.54. The van der Waals surface area contributed by atoms with Crippen molar-refractivity contribution in [3.8, 4) is 22.0 Å². The molecule has 0 saturated heterocycles. The Balaban J connectivity index is 1.97. The molecule has 3 aromatic heterocycles. The van der Waals surface area contributed by atoms with E-state index in [9.17, 15) is 9.59 Å². The highest BCUT2D eigenvalue weighted by Gasteiger charge is 2.20. The second-order valence-corrected chi connectivity index (χ2v) is 7.61. The van der Waals surface area contributed by atoms with E-state index in [0.717, 1.165) is 0 Å². The van der Waals surface area contributed by atoms with Gasteiger partial charge in [-0.15, -0.1) is 11.3 Å². The molecule has 0 unspecified atom stereocenters. The van der Waals surface area contributed by atoms with E-state index in [4.69, 9.17) is 16.6 Å².